The van der Waals surface area contributed by atoms with E-state index in [4.69, 9.17) is 0 Å². The summed E-state index contributed by atoms with van der Waals surface area (Å²) in [7, 11) is -4.29. The monoisotopic (exact) mass is 183 g/mol. The predicted molar refractivity (Wildman–Crippen MR) is 42.7 cm³/mol. The fraction of sp³-hybridized carbons (Fsp3) is 1.00. The summed E-state index contributed by atoms with van der Waals surface area (Å²) in [6, 6.07) is 0.247. The molecule has 0 fully saturated rings. The molecule has 5 heteroatoms. The first-order chi connectivity index (χ1) is 4.95. The summed E-state index contributed by atoms with van der Waals surface area (Å²) < 4.78 is 31.9. The summed E-state index contributed by atoms with van der Waals surface area (Å²) in [6.07, 6.45) is 0.909. The van der Waals surface area contributed by atoms with Crippen molar-refractivity contribution in [3.05, 3.63) is 0 Å². The van der Waals surface area contributed by atoms with Crippen LogP contribution in [0.3, 0.4) is 0 Å². The molecule has 0 radical (unpaired) electrons. The zero-order valence-corrected chi connectivity index (χ0v) is 7.62. The molecule has 0 saturated carbocycles. The first-order valence-corrected chi connectivity index (χ1v) is 5.16. The number of nitrogens with one attached hydrogen (secondary N) is 1. The fourth-order valence-corrected chi connectivity index (χ4v) is 0.933. The summed E-state index contributed by atoms with van der Waals surface area (Å²) in [5.74, 6) is -0.433. The van der Waals surface area contributed by atoms with Gasteiger partial charge in [0.2, 0.25) is 0 Å². The first-order valence-electron chi connectivity index (χ1n) is 3.61. The Kier molecular flexibility index (Phi) is 4.60. The summed E-state index contributed by atoms with van der Waals surface area (Å²) in [4.78, 5) is 0. The Morgan fingerprint density at radius 2 is 2.09 bits per heavy atom. The highest BCUT2D eigenvalue weighted by molar-refractivity contribution is 7.86. The lowest BCUT2D eigenvalue weighted by atomic mass is 10.3. The van der Waals surface area contributed by atoms with Crippen LogP contribution in [-0.2, 0) is 10.2 Å². The molecule has 0 rings (SSSR count). The molecule has 0 aromatic carbocycles. The average Bonchev–Trinajstić information content (AvgIpc) is 1.85. The van der Waals surface area contributed by atoms with Gasteiger partial charge in [-0.25, -0.2) is 0 Å². The summed E-state index contributed by atoms with van der Waals surface area (Å²) in [6.45, 7) is 4.08. The van der Waals surface area contributed by atoms with Gasteiger partial charge in [-0.3, -0.25) is 0 Å². The summed E-state index contributed by atoms with van der Waals surface area (Å²) >= 11 is 0. The maximum atomic E-state index is 11.9. The molecule has 0 amide bonds. The normalized spacial score (nSPS) is 14.8. The van der Waals surface area contributed by atoms with Crippen molar-refractivity contribution in [2.24, 2.45) is 0 Å². The number of hydrogen-bond acceptors (Lipinski definition) is 3. The van der Waals surface area contributed by atoms with Crippen LogP contribution in [0.1, 0.15) is 20.3 Å². The van der Waals surface area contributed by atoms with E-state index < -0.39 is 16.0 Å². The van der Waals surface area contributed by atoms with Crippen LogP contribution in [0.2, 0.25) is 0 Å². The van der Waals surface area contributed by atoms with Gasteiger partial charge in [-0.2, -0.15) is 8.42 Å². The van der Waals surface area contributed by atoms with E-state index in [0.717, 1.165) is 6.42 Å². The molecule has 1 unspecified atom stereocenters. The van der Waals surface area contributed by atoms with E-state index in [2.05, 4.69) is 5.32 Å². The molecule has 1 N–H and O–H groups in total. The van der Waals surface area contributed by atoms with Gasteiger partial charge in [-0.1, -0.05) is 6.92 Å². The van der Waals surface area contributed by atoms with Crippen LogP contribution in [0, 0.1) is 0 Å². The van der Waals surface area contributed by atoms with Gasteiger partial charge in [0, 0.05) is 12.6 Å². The second kappa shape index (κ2) is 4.66. The number of hydrogen-bond donors (Lipinski definition) is 1. The molecule has 0 saturated heterocycles. The third-order valence-electron chi connectivity index (χ3n) is 1.45. The van der Waals surface area contributed by atoms with Crippen LogP contribution in [0.25, 0.3) is 0 Å². The quantitative estimate of drug-likeness (QED) is 0.637. The highest BCUT2D eigenvalue weighted by Crippen LogP contribution is 1.90. The molecule has 11 heavy (non-hydrogen) atoms. The van der Waals surface area contributed by atoms with E-state index in [1.54, 1.807) is 0 Å². The van der Waals surface area contributed by atoms with Crippen LogP contribution in [-0.4, -0.2) is 26.8 Å². The molecule has 0 aromatic heterocycles. The Labute approximate surface area is 67.2 Å². The number of rotatable bonds is 5. The van der Waals surface area contributed by atoms with Crippen LogP contribution >= 0.6 is 0 Å². The molecule has 0 aliphatic carbocycles. The molecule has 0 aliphatic heterocycles. The summed E-state index contributed by atoms with van der Waals surface area (Å²) in [5.41, 5.74) is 0. The molecule has 0 aliphatic rings. The smallest absolute Gasteiger partial charge is 0.303 e. The van der Waals surface area contributed by atoms with Gasteiger partial charge in [-0.05, 0) is 13.3 Å². The maximum absolute atomic E-state index is 11.9. The van der Waals surface area contributed by atoms with E-state index in [9.17, 15) is 12.3 Å². The molecule has 0 spiro atoms. The average molecular weight is 183 g/mol. The molecule has 3 nitrogen and oxygen atoms in total. The van der Waals surface area contributed by atoms with E-state index in [1.807, 2.05) is 13.8 Å². The third kappa shape index (κ3) is 7.74. The predicted octanol–water partition coefficient (Wildman–Crippen LogP) is 0.674. The van der Waals surface area contributed by atoms with Gasteiger partial charge in [0.05, 0.1) is 5.75 Å². The largest absolute Gasteiger partial charge is 0.313 e. The van der Waals surface area contributed by atoms with Crippen molar-refractivity contribution in [3.8, 4) is 0 Å². The second-order valence-electron chi connectivity index (χ2n) is 2.51. The fourth-order valence-electron chi connectivity index (χ4n) is 0.572. The Morgan fingerprint density at radius 1 is 1.55 bits per heavy atom. The Hall–Kier alpha value is -0.160. The van der Waals surface area contributed by atoms with E-state index in [0.29, 0.717) is 0 Å². The Bertz CT molecular complexity index is 191. The van der Waals surface area contributed by atoms with Gasteiger partial charge in [0.25, 0.3) is 0 Å². The topological polar surface area (TPSA) is 46.2 Å². The minimum absolute atomic E-state index is 0.188. The first kappa shape index (κ1) is 10.8. The van der Waals surface area contributed by atoms with Crippen LogP contribution in [0.15, 0.2) is 0 Å². The lowest BCUT2D eigenvalue weighted by molar-refractivity contribution is 0.527. The van der Waals surface area contributed by atoms with Crippen molar-refractivity contribution in [3.63, 3.8) is 0 Å². The van der Waals surface area contributed by atoms with Gasteiger partial charge in [0.1, 0.15) is 0 Å². The van der Waals surface area contributed by atoms with Crippen molar-refractivity contribution < 1.29 is 12.3 Å². The van der Waals surface area contributed by atoms with E-state index >= 15 is 0 Å². The molecule has 0 aromatic rings. The van der Waals surface area contributed by atoms with Crippen molar-refractivity contribution in [1.29, 1.82) is 0 Å². The Morgan fingerprint density at radius 3 is 2.45 bits per heavy atom. The van der Waals surface area contributed by atoms with Crippen molar-refractivity contribution >= 4 is 10.2 Å². The van der Waals surface area contributed by atoms with Gasteiger partial charge in [0.15, 0.2) is 0 Å². The number of halogens is 1. The summed E-state index contributed by atoms with van der Waals surface area (Å²) in [5, 5.41) is 2.87. The van der Waals surface area contributed by atoms with Crippen molar-refractivity contribution in [2.45, 2.75) is 26.3 Å². The minimum atomic E-state index is -4.29. The van der Waals surface area contributed by atoms with Gasteiger partial charge in [-0.15, -0.1) is 3.89 Å². The van der Waals surface area contributed by atoms with Crippen LogP contribution in [0.4, 0.5) is 3.89 Å². The second-order valence-corrected chi connectivity index (χ2v) is 3.99. The van der Waals surface area contributed by atoms with E-state index in [-0.39, 0.29) is 12.6 Å². The minimum Gasteiger partial charge on any atom is -0.313 e. The maximum Gasteiger partial charge on any atom is 0.303 e. The zero-order chi connectivity index (χ0) is 8.91. The SMILES string of the molecule is CCC(C)NCCS(=O)(=O)F. The molecule has 1 atom stereocenters. The zero-order valence-electron chi connectivity index (χ0n) is 6.80. The van der Waals surface area contributed by atoms with Crippen LogP contribution < -0.4 is 5.32 Å². The van der Waals surface area contributed by atoms with E-state index in [1.165, 1.54) is 0 Å². The Balaban J connectivity index is 3.43. The molecule has 0 heterocycles. The van der Waals surface area contributed by atoms with Gasteiger partial charge >= 0.3 is 10.2 Å². The van der Waals surface area contributed by atoms with Crippen LogP contribution in [0.5, 0.6) is 0 Å². The standard InChI is InChI=1S/C6H14FNO2S/c1-3-6(2)8-4-5-11(7,9)10/h6,8H,3-5H2,1-2H3. The third-order valence-corrected chi connectivity index (χ3v) is 2.14. The van der Waals surface area contributed by atoms with Gasteiger partial charge < -0.3 is 5.32 Å². The molecular formula is C6H14FNO2S. The lowest BCUT2D eigenvalue weighted by Gasteiger charge is -2.08. The van der Waals surface area contributed by atoms with Crippen molar-refractivity contribution in [2.75, 3.05) is 12.3 Å². The molecule has 0 bridgehead atoms. The highest BCUT2D eigenvalue weighted by atomic mass is 32.3. The lowest BCUT2D eigenvalue weighted by Crippen LogP contribution is -2.29. The van der Waals surface area contributed by atoms with Crippen molar-refractivity contribution in [1.82, 2.24) is 5.32 Å². The highest BCUT2D eigenvalue weighted by Gasteiger charge is 2.06. The molecule has 68 valence electrons. The molecular weight excluding hydrogens is 169 g/mol.